The molecule has 0 fully saturated rings. The van der Waals surface area contributed by atoms with Gasteiger partial charge in [0.15, 0.2) is 11.6 Å². The highest BCUT2D eigenvalue weighted by molar-refractivity contribution is 6.46. The third kappa shape index (κ3) is 3.37. The van der Waals surface area contributed by atoms with Gasteiger partial charge in [-0.1, -0.05) is 42.0 Å². The van der Waals surface area contributed by atoms with Crippen LogP contribution in [-0.4, -0.2) is 11.8 Å². The number of hydrogen-bond donors (Lipinski definition) is 1. The van der Waals surface area contributed by atoms with Crippen LogP contribution >= 0.6 is 0 Å². The van der Waals surface area contributed by atoms with E-state index in [1.165, 1.54) is 6.07 Å². The number of anilines is 2. The molecular weight excluding hydrogens is 386 g/mol. The summed E-state index contributed by atoms with van der Waals surface area (Å²) in [5.41, 5.74) is 3.24. The van der Waals surface area contributed by atoms with Gasteiger partial charge in [0.05, 0.1) is 11.3 Å². The number of rotatable bonds is 4. The Labute approximate surface area is 172 Å². The summed E-state index contributed by atoms with van der Waals surface area (Å²) in [6.07, 6.45) is 0. The SMILES string of the molecule is Cc1ccc(C2=C(Nc3ccc(F)c(F)c3)C(=O)N(c3ccccc3)C2=O)c(C)c1. The van der Waals surface area contributed by atoms with Crippen LogP contribution in [0.25, 0.3) is 5.57 Å². The molecule has 1 aliphatic heterocycles. The number of carbonyl (C=O) groups is 2. The van der Waals surface area contributed by atoms with E-state index in [1.807, 2.05) is 26.0 Å². The highest BCUT2D eigenvalue weighted by atomic mass is 19.2. The molecule has 0 aromatic heterocycles. The molecule has 0 bridgehead atoms. The smallest absolute Gasteiger partial charge is 0.282 e. The fourth-order valence-electron chi connectivity index (χ4n) is 3.52. The quantitative estimate of drug-likeness (QED) is 0.624. The minimum atomic E-state index is -1.05. The number of imide groups is 1. The van der Waals surface area contributed by atoms with E-state index in [9.17, 15) is 18.4 Å². The van der Waals surface area contributed by atoms with Crippen molar-refractivity contribution in [2.75, 3.05) is 10.2 Å². The third-order valence-corrected chi connectivity index (χ3v) is 4.94. The average Bonchev–Trinajstić information content (AvgIpc) is 2.95. The fraction of sp³-hybridized carbons (Fsp3) is 0.0833. The van der Waals surface area contributed by atoms with E-state index in [-0.39, 0.29) is 17.0 Å². The normalized spacial score (nSPS) is 13.9. The summed E-state index contributed by atoms with van der Waals surface area (Å²) in [6.45, 7) is 3.79. The molecule has 3 aromatic rings. The molecule has 0 aliphatic carbocycles. The Balaban J connectivity index is 1.86. The summed E-state index contributed by atoms with van der Waals surface area (Å²) in [6, 6.07) is 17.4. The number of amides is 2. The van der Waals surface area contributed by atoms with Crippen molar-refractivity contribution in [3.05, 3.63) is 101 Å². The van der Waals surface area contributed by atoms with Crippen molar-refractivity contribution in [3.8, 4) is 0 Å². The van der Waals surface area contributed by atoms with E-state index in [1.54, 1.807) is 36.4 Å². The molecule has 0 unspecified atom stereocenters. The van der Waals surface area contributed by atoms with Gasteiger partial charge in [0.1, 0.15) is 5.70 Å². The largest absolute Gasteiger partial charge is 0.350 e. The van der Waals surface area contributed by atoms with Gasteiger partial charge < -0.3 is 5.32 Å². The number of aryl methyl sites for hydroxylation is 2. The Morgan fingerprint density at radius 3 is 2.20 bits per heavy atom. The van der Waals surface area contributed by atoms with Crippen molar-refractivity contribution in [1.82, 2.24) is 0 Å². The van der Waals surface area contributed by atoms with E-state index in [2.05, 4.69) is 5.32 Å². The molecule has 0 saturated carbocycles. The van der Waals surface area contributed by atoms with Crippen LogP contribution in [0.1, 0.15) is 16.7 Å². The van der Waals surface area contributed by atoms with Crippen LogP contribution in [0.4, 0.5) is 20.2 Å². The lowest BCUT2D eigenvalue weighted by Gasteiger charge is -2.15. The highest BCUT2D eigenvalue weighted by Crippen LogP contribution is 2.35. The molecule has 0 radical (unpaired) electrons. The Bertz CT molecular complexity index is 1200. The van der Waals surface area contributed by atoms with Crippen LogP contribution in [0.5, 0.6) is 0 Å². The summed E-state index contributed by atoms with van der Waals surface area (Å²) in [7, 11) is 0. The van der Waals surface area contributed by atoms with Crippen LogP contribution < -0.4 is 10.2 Å². The van der Waals surface area contributed by atoms with E-state index in [0.717, 1.165) is 28.2 Å². The number of halogens is 2. The van der Waals surface area contributed by atoms with Crippen molar-refractivity contribution >= 4 is 28.8 Å². The molecule has 2 amide bonds. The lowest BCUT2D eigenvalue weighted by molar-refractivity contribution is -0.120. The average molecular weight is 404 g/mol. The van der Waals surface area contributed by atoms with Gasteiger partial charge in [-0.25, -0.2) is 13.7 Å². The third-order valence-electron chi connectivity index (χ3n) is 4.94. The lowest BCUT2D eigenvalue weighted by atomic mass is 9.97. The predicted molar refractivity (Wildman–Crippen MR) is 112 cm³/mol. The standard InChI is InChI=1S/C24H18F2N2O2/c1-14-8-10-18(15(2)12-14)21-22(27-16-9-11-19(25)20(26)13-16)24(30)28(23(21)29)17-6-4-3-5-7-17/h3-13,27H,1-2H3. The highest BCUT2D eigenvalue weighted by Gasteiger charge is 2.40. The van der Waals surface area contributed by atoms with E-state index < -0.39 is 23.4 Å². The van der Waals surface area contributed by atoms with Crippen LogP contribution in [0.15, 0.2) is 72.4 Å². The summed E-state index contributed by atoms with van der Waals surface area (Å²) in [4.78, 5) is 27.7. The minimum Gasteiger partial charge on any atom is -0.350 e. The molecule has 3 aromatic carbocycles. The Hall–Kier alpha value is -3.80. The second-order valence-corrected chi connectivity index (χ2v) is 7.10. The zero-order valence-electron chi connectivity index (χ0n) is 16.4. The first-order valence-electron chi connectivity index (χ1n) is 9.34. The molecule has 1 heterocycles. The maximum Gasteiger partial charge on any atom is 0.282 e. The van der Waals surface area contributed by atoms with Gasteiger partial charge in [0, 0.05) is 11.8 Å². The molecule has 6 heteroatoms. The van der Waals surface area contributed by atoms with E-state index >= 15 is 0 Å². The first-order chi connectivity index (χ1) is 14.4. The molecule has 4 nitrogen and oxygen atoms in total. The molecule has 0 spiro atoms. The van der Waals surface area contributed by atoms with E-state index in [0.29, 0.717) is 11.3 Å². The first-order valence-corrected chi connectivity index (χ1v) is 9.34. The van der Waals surface area contributed by atoms with Crippen molar-refractivity contribution in [1.29, 1.82) is 0 Å². The summed E-state index contributed by atoms with van der Waals surface area (Å²) in [5, 5.41) is 2.84. The molecule has 0 saturated heterocycles. The monoisotopic (exact) mass is 404 g/mol. The van der Waals surface area contributed by atoms with Gasteiger partial charge >= 0.3 is 0 Å². The molecule has 0 atom stereocenters. The molecule has 4 rings (SSSR count). The number of nitrogens with zero attached hydrogens (tertiary/aromatic N) is 1. The summed E-state index contributed by atoms with van der Waals surface area (Å²) in [5.74, 6) is -3.09. The van der Waals surface area contributed by atoms with Gasteiger partial charge in [-0.2, -0.15) is 0 Å². The van der Waals surface area contributed by atoms with Gasteiger partial charge in [0.25, 0.3) is 11.8 Å². The second-order valence-electron chi connectivity index (χ2n) is 7.10. The molecule has 150 valence electrons. The van der Waals surface area contributed by atoms with Crippen molar-refractivity contribution < 1.29 is 18.4 Å². The molecule has 30 heavy (non-hydrogen) atoms. The fourth-order valence-corrected chi connectivity index (χ4v) is 3.52. The number of carbonyl (C=O) groups excluding carboxylic acids is 2. The molecular formula is C24H18F2N2O2. The Morgan fingerprint density at radius 2 is 1.53 bits per heavy atom. The van der Waals surface area contributed by atoms with Gasteiger partial charge in [0.2, 0.25) is 0 Å². The molecule has 1 N–H and O–H groups in total. The van der Waals surface area contributed by atoms with E-state index in [4.69, 9.17) is 0 Å². The second kappa shape index (κ2) is 7.55. The maximum absolute atomic E-state index is 13.7. The summed E-state index contributed by atoms with van der Waals surface area (Å²) >= 11 is 0. The maximum atomic E-state index is 13.7. The van der Waals surface area contributed by atoms with Gasteiger partial charge in [-0.15, -0.1) is 0 Å². The van der Waals surface area contributed by atoms with Gasteiger partial charge in [-0.3, -0.25) is 9.59 Å². The van der Waals surface area contributed by atoms with Crippen LogP contribution in [0.3, 0.4) is 0 Å². The first kappa shape index (κ1) is 19.5. The number of nitrogens with one attached hydrogen (secondary N) is 1. The zero-order chi connectivity index (χ0) is 21.4. The van der Waals surface area contributed by atoms with Crippen molar-refractivity contribution in [2.45, 2.75) is 13.8 Å². The lowest BCUT2D eigenvalue weighted by Crippen LogP contribution is -2.32. The molecule has 1 aliphatic rings. The van der Waals surface area contributed by atoms with Crippen molar-refractivity contribution in [3.63, 3.8) is 0 Å². The Kier molecular flexibility index (Phi) is 4.91. The zero-order valence-corrected chi connectivity index (χ0v) is 16.4. The van der Waals surface area contributed by atoms with Crippen LogP contribution in [0.2, 0.25) is 0 Å². The summed E-state index contributed by atoms with van der Waals surface area (Å²) < 4.78 is 27.0. The number of benzene rings is 3. The van der Waals surface area contributed by atoms with Crippen molar-refractivity contribution in [2.24, 2.45) is 0 Å². The minimum absolute atomic E-state index is 0.0156. The Morgan fingerprint density at radius 1 is 0.800 bits per heavy atom. The number of hydrogen-bond acceptors (Lipinski definition) is 3. The van der Waals surface area contributed by atoms with Crippen LogP contribution in [-0.2, 0) is 9.59 Å². The van der Waals surface area contributed by atoms with Crippen LogP contribution in [0, 0.1) is 25.5 Å². The topological polar surface area (TPSA) is 49.4 Å². The van der Waals surface area contributed by atoms with Gasteiger partial charge in [-0.05, 0) is 49.2 Å². The number of para-hydroxylation sites is 1. The predicted octanol–water partition coefficient (Wildman–Crippen LogP) is 4.98.